The predicted molar refractivity (Wildman–Crippen MR) is 73.1 cm³/mol. The quantitative estimate of drug-likeness (QED) is 0.569. The minimum absolute atomic E-state index is 0.125. The van der Waals surface area contributed by atoms with Crippen LogP contribution in [0.3, 0.4) is 0 Å². The number of aryl methyl sites for hydroxylation is 1. The minimum atomic E-state index is -0.214. The largest absolute Gasteiger partial charge is 0.466 e. The van der Waals surface area contributed by atoms with E-state index in [1.165, 1.54) is 0 Å². The maximum absolute atomic E-state index is 11.9. The van der Waals surface area contributed by atoms with Gasteiger partial charge in [0.2, 0.25) is 0 Å². The van der Waals surface area contributed by atoms with E-state index in [9.17, 15) is 9.59 Å². The number of anilines is 1. The van der Waals surface area contributed by atoms with Gasteiger partial charge in [0.25, 0.3) is 5.56 Å². The fraction of sp³-hybridized carbons (Fsp3) is 0.615. The van der Waals surface area contributed by atoms with E-state index in [1.807, 2.05) is 6.92 Å². The Balaban J connectivity index is 2.43. The van der Waals surface area contributed by atoms with Gasteiger partial charge in [0, 0.05) is 31.9 Å². The van der Waals surface area contributed by atoms with Crippen molar-refractivity contribution < 1.29 is 9.53 Å². The number of nitrogens with zero attached hydrogens (tertiary/aromatic N) is 2. The number of nitrogens with one attached hydrogen (secondary N) is 1. The highest BCUT2D eigenvalue weighted by Gasteiger charge is 2.05. The van der Waals surface area contributed by atoms with Crippen molar-refractivity contribution in [2.45, 2.75) is 39.7 Å². The van der Waals surface area contributed by atoms with Crippen molar-refractivity contribution in [2.24, 2.45) is 0 Å². The van der Waals surface area contributed by atoms with Gasteiger partial charge in [-0.15, -0.1) is 0 Å². The van der Waals surface area contributed by atoms with E-state index in [4.69, 9.17) is 4.74 Å². The molecule has 0 spiro atoms. The molecule has 0 aliphatic rings. The van der Waals surface area contributed by atoms with Crippen molar-refractivity contribution in [3.63, 3.8) is 0 Å². The summed E-state index contributed by atoms with van der Waals surface area (Å²) in [7, 11) is 0. The number of rotatable bonds is 8. The Bertz CT molecular complexity index is 457. The summed E-state index contributed by atoms with van der Waals surface area (Å²) < 4.78 is 6.45. The molecule has 19 heavy (non-hydrogen) atoms. The van der Waals surface area contributed by atoms with Crippen LogP contribution in [0.1, 0.15) is 33.1 Å². The lowest BCUT2D eigenvalue weighted by atomic mass is 10.3. The van der Waals surface area contributed by atoms with E-state index in [2.05, 4.69) is 10.3 Å². The van der Waals surface area contributed by atoms with Gasteiger partial charge in [0.05, 0.1) is 6.61 Å². The number of carbonyl (C=O) groups is 1. The molecule has 1 heterocycles. The molecule has 0 atom stereocenters. The molecular weight excluding hydrogens is 246 g/mol. The molecule has 0 fully saturated rings. The molecule has 1 aromatic heterocycles. The Morgan fingerprint density at radius 1 is 1.47 bits per heavy atom. The Hall–Kier alpha value is -1.85. The van der Waals surface area contributed by atoms with Gasteiger partial charge in [-0.25, -0.2) is 4.98 Å². The van der Waals surface area contributed by atoms with Crippen LogP contribution in [0, 0.1) is 0 Å². The lowest BCUT2D eigenvalue weighted by molar-refractivity contribution is -0.143. The van der Waals surface area contributed by atoms with Crippen molar-refractivity contribution in [3.8, 4) is 0 Å². The number of hydrogen-bond acceptors (Lipinski definition) is 5. The summed E-state index contributed by atoms with van der Waals surface area (Å²) in [5.41, 5.74) is -0.125. The molecule has 0 saturated heterocycles. The molecule has 6 heteroatoms. The van der Waals surface area contributed by atoms with Crippen LogP contribution in [0.5, 0.6) is 0 Å². The van der Waals surface area contributed by atoms with Crippen LogP contribution in [0.4, 0.5) is 5.82 Å². The molecule has 0 aromatic carbocycles. The third kappa shape index (κ3) is 5.11. The highest BCUT2D eigenvalue weighted by molar-refractivity contribution is 5.69. The highest BCUT2D eigenvalue weighted by Crippen LogP contribution is 1.97. The molecule has 6 nitrogen and oxygen atoms in total. The number of aromatic nitrogens is 2. The lowest BCUT2D eigenvalue weighted by Crippen LogP contribution is -2.24. The van der Waals surface area contributed by atoms with Gasteiger partial charge in [-0.3, -0.25) is 9.59 Å². The van der Waals surface area contributed by atoms with Gasteiger partial charge in [0.15, 0.2) is 5.82 Å². The predicted octanol–water partition coefficient (Wildman–Crippen LogP) is 1.41. The summed E-state index contributed by atoms with van der Waals surface area (Å²) in [6.07, 6.45) is 5.13. The van der Waals surface area contributed by atoms with Crippen LogP contribution in [0.25, 0.3) is 0 Å². The molecule has 0 aliphatic heterocycles. The zero-order valence-electron chi connectivity index (χ0n) is 11.5. The average Bonchev–Trinajstić information content (AvgIpc) is 2.39. The molecule has 1 rings (SSSR count). The van der Waals surface area contributed by atoms with E-state index in [-0.39, 0.29) is 11.5 Å². The molecule has 106 valence electrons. The van der Waals surface area contributed by atoms with Gasteiger partial charge >= 0.3 is 5.97 Å². The van der Waals surface area contributed by atoms with Gasteiger partial charge < -0.3 is 14.6 Å². The van der Waals surface area contributed by atoms with E-state index in [0.717, 1.165) is 6.42 Å². The Labute approximate surface area is 112 Å². The van der Waals surface area contributed by atoms with Gasteiger partial charge in [-0.05, 0) is 19.8 Å². The number of esters is 1. The first kappa shape index (κ1) is 15.2. The summed E-state index contributed by atoms with van der Waals surface area (Å²) in [5.74, 6) is 0.119. The van der Waals surface area contributed by atoms with Crippen LogP contribution >= 0.6 is 0 Å². The zero-order valence-corrected chi connectivity index (χ0v) is 11.5. The fourth-order valence-electron chi connectivity index (χ4n) is 1.66. The summed E-state index contributed by atoms with van der Waals surface area (Å²) in [6.45, 7) is 5.39. The first-order valence-corrected chi connectivity index (χ1v) is 6.64. The molecule has 0 unspecified atom stereocenters. The summed E-state index contributed by atoms with van der Waals surface area (Å²) in [5, 5.41) is 2.96. The Morgan fingerprint density at radius 3 is 2.95 bits per heavy atom. The van der Waals surface area contributed by atoms with Crippen molar-refractivity contribution in [2.75, 3.05) is 18.5 Å². The van der Waals surface area contributed by atoms with Crippen molar-refractivity contribution >= 4 is 11.8 Å². The topological polar surface area (TPSA) is 73.2 Å². The number of ether oxygens (including phenoxy) is 1. The average molecular weight is 267 g/mol. The minimum Gasteiger partial charge on any atom is -0.466 e. The summed E-state index contributed by atoms with van der Waals surface area (Å²) in [4.78, 5) is 27.1. The van der Waals surface area contributed by atoms with E-state index < -0.39 is 0 Å². The Kier molecular flexibility index (Phi) is 6.63. The summed E-state index contributed by atoms with van der Waals surface area (Å²) >= 11 is 0. The SMILES string of the molecule is CCCn1ccnc(NCCCC(=O)OCC)c1=O. The lowest BCUT2D eigenvalue weighted by Gasteiger charge is -2.08. The van der Waals surface area contributed by atoms with E-state index in [1.54, 1.807) is 23.9 Å². The monoisotopic (exact) mass is 267 g/mol. The first-order chi connectivity index (χ1) is 9.19. The van der Waals surface area contributed by atoms with Crippen LogP contribution in [0.2, 0.25) is 0 Å². The fourth-order valence-corrected chi connectivity index (χ4v) is 1.66. The molecular formula is C13H21N3O3. The van der Waals surface area contributed by atoms with Crippen molar-refractivity contribution in [3.05, 3.63) is 22.7 Å². The van der Waals surface area contributed by atoms with Crippen LogP contribution in [-0.4, -0.2) is 28.7 Å². The van der Waals surface area contributed by atoms with Crippen molar-refractivity contribution in [1.29, 1.82) is 0 Å². The molecule has 0 saturated carbocycles. The highest BCUT2D eigenvalue weighted by atomic mass is 16.5. The Morgan fingerprint density at radius 2 is 2.26 bits per heavy atom. The van der Waals surface area contributed by atoms with Crippen LogP contribution in [0.15, 0.2) is 17.2 Å². The van der Waals surface area contributed by atoms with Crippen LogP contribution < -0.4 is 10.9 Å². The second kappa shape index (κ2) is 8.29. The molecule has 0 amide bonds. The molecule has 0 radical (unpaired) electrons. The van der Waals surface area contributed by atoms with E-state index in [0.29, 0.717) is 38.4 Å². The van der Waals surface area contributed by atoms with Crippen LogP contribution in [-0.2, 0) is 16.1 Å². The molecule has 0 bridgehead atoms. The second-order valence-electron chi connectivity index (χ2n) is 4.11. The number of hydrogen-bond donors (Lipinski definition) is 1. The smallest absolute Gasteiger partial charge is 0.305 e. The number of carbonyl (C=O) groups excluding carboxylic acids is 1. The third-order valence-corrected chi connectivity index (χ3v) is 2.53. The van der Waals surface area contributed by atoms with Crippen molar-refractivity contribution in [1.82, 2.24) is 9.55 Å². The van der Waals surface area contributed by atoms with E-state index >= 15 is 0 Å². The second-order valence-corrected chi connectivity index (χ2v) is 4.11. The summed E-state index contributed by atoms with van der Waals surface area (Å²) in [6, 6.07) is 0. The van der Waals surface area contributed by atoms with Gasteiger partial charge in [-0.2, -0.15) is 0 Å². The first-order valence-electron chi connectivity index (χ1n) is 6.64. The third-order valence-electron chi connectivity index (χ3n) is 2.53. The van der Waals surface area contributed by atoms with Gasteiger partial charge in [-0.1, -0.05) is 6.92 Å². The molecule has 1 N–H and O–H groups in total. The standard InChI is InChI=1S/C13H21N3O3/c1-3-9-16-10-8-15-12(13(16)18)14-7-5-6-11(17)19-4-2/h8,10H,3-7,9H2,1-2H3,(H,14,15). The molecule has 0 aliphatic carbocycles. The normalized spacial score (nSPS) is 10.2. The van der Waals surface area contributed by atoms with Gasteiger partial charge in [0.1, 0.15) is 0 Å². The zero-order chi connectivity index (χ0) is 14.1. The molecule has 1 aromatic rings. The maximum atomic E-state index is 11.9. The maximum Gasteiger partial charge on any atom is 0.305 e.